The number of carbonyl (C=O) groups excluding carboxylic acids is 1. The van der Waals surface area contributed by atoms with Gasteiger partial charge in [0.25, 0.3) is 5.91 Å². The summed E-state index contributed by atoms with van der Waals surface area (Å²) in [6, 6.07) is 1.83. The van der Waals surface area contributed by atoms with Gasteiger partial charge in [0, 0.05) is 31.8 Å². The van der Waals surface area contributed by atoms with Gasteiger partial charge < -0.3 is 9.42 Å². The maximum Gasteiger partial charge on any atom is 0.272 e. The van der Waals surface area contributed by atoms with Crippen LogP contribution in [0.4, 0.5) is 0 Å². The van der Waals surface area contributed by atoms with Crippen LogP contribution in [-0.4, -0.2) is 32.3 Å². The fourth-order valence-corrected chi connectivity index (χ4v) is 3.15. The zero-order chi connectivity index (χ0) is 15.0. The molecule has 0 aromatic carbocycles. The van der Waals surface area contributed by atoms with E-state index in [1.807, 2.05) is 18.7 Å². The van der Waals surface area contributed by atoms with Crippen molar-refractivity contribution in [1.82, 2.24) is 19.8 Å². The molecule has 1 amide bonds. The van der Waals surface area contributed by atoms with Crippen LogP contribution >= 0.6 is 0 Å². The molecule has 6 nitrogen and oxygen atoms in total. The molecule has 0 bridgehead atoms. The zero-order valence-corrected chi connectivity index (χ0v) is 12.7. The maximum absolute atomic E-state index is 12.8. The van der Waals surface area contributed by atoms with Gasteiger partial charge in [-0.05, 0) is 25.8 Å². The molecule has 1 aliphatic rings. The monoisotopic (exact) mass is 288 g/mol. The van der Waals surface area contributed by atoms with Crippen LogP contribution in [-0.2, 0) is 13.5 Å². The number of carbonyl (C=O) groups is 1. The van der Waals surface area contributed by atoms with Crippen molar-refractivity contribution in [1.29, 1.82) is 0 Å². The topological polar surface area (TPSA) is 64.2 Å². The van der Waals surface area contributed by atoms with E-state index in [4.69, 9.17) is 4.52 Å². The lowest BCUT2D eigenvalue weighted by Gasteiger charge is -2.24. The van der Waals surface area contributed by atoms with E-state index in [-0.39, 0.29) is 11.9 Å². The Hall–Kier alpha value is -2.11. The largest absolute Gasteiger partial charge is 0.361 e. The second-order valence-corrected chi connectivity index (χ2v) is 5.46. The molecule has 0 saturated carbocycles. The molecule has 0 aliphatic carbocycles. The van der Waals surface area contributed by atoms with Crippen LogP contribution in [0.1, 0.15) is 53.3 Å². The third-order valence-corrected chi connectivity index (χ3v) is 4.19. The Bertz CT molecular complexity index is 658. The quantitative estimate of drug-likeness (QED) is 0.869. The van der Waals surface area contributed by atoms with Crippen molar-refractivity contribution >= 4 is 5.91 Å². The summed E-state index contributed by atoms with van der Waals surface area (Å²) in [4.78, 5) is 14.7. The van der Waals surface area contributed by atoms with Crippen LogP contribution in [0.2, 0.25) is 0 Å². The Morgan fingerprint density at radius 2 is 2.33 bits per heavy atom. The van der Waals surface area contributed by atoms with Gasteiger partial charge in [0.2, 0.25) is 0 Å². The summed E-state index contributed by atoms with van der Waals surface area (Å²) in [5, 5.41) is 8.16. The van der Waals surface area contributed by atoms with Crippen LogP contribution in [0, 0.1) is 6.92 Å². The molecule has 2 aromatic heterocycles. The lowest BCUT2D eigenvalue weighted by molar-refractivity contribution is 0.0723. The summed E-state index contributed by atoms with van der Waals surface area (Å²) in [6.45, 7) is 4.76. The molecule has 0 radical (unpaired) electrons. The number of aromatic nitrogens is 3. The highest BCUT2D eigenvalue weighted by Gasteiger charge is 2.35. The van der Waals surface area contributed by atoms with Crippen molar-refractivity contribution in [2.75, 3.05) is 6.54 Å². The molecule has 3 rings (SSSR count). The Kier molecular flexibility index (Phi) is 3.53. The summed E-state index contributed by atoms with van der Waals surface area (Å²) < 4.78 is 7.02. The first-order chi connectivity index (χ1) is 10.1. The average molecular weight is 288 g/mol. The Balaban J connectivity index is 1.94. The smallest absolute Gasteiger partial charge is 0.272 e. The Labute approximate surface area is 123 Å². The Morgan fingerprint density at radius 1 is 1.52 bits per heavy atom. The fraction of sp³-hybridized carbons (Fsp3) is 0.533. The molecule has 112 valence electrons. The molecule has 0 N–H and O–H groups in total. The van der Waals surface area contributed by atoms with Crippen molar-refractivity contribution < 1.29 is 9.32 Å². The van der Waals surface area contributed by atoms with Gasteiger partial charge >= 0.3 is 0 Å². The molecule has 21 heavy (non-hydrogen) atoms. The van der Waals surface area contributed by atoms with E-state index in [0.717, 1.165) is 42.8 Å². The number of rotatable bonds is 3. The molecule has 1 saturated heterocycles. The molecule has 6 heteroatoms. The van der Waals surface area contributed by atoms with Crippen molar-refractivity contribution in [3.63, 3.8) is 0 Å². The van der Waals surface area contributed by atoms with E-state index in [9.17, 15) is 4.79 Å². The SMILES string of the molecule is CCc1onc(C)c1[C@H]1CCCN1C(=O)c1ccnn1C. The molecule has 3 heterocycles. The first-order valence-electron chi connectivity index (χ1n) is 7.37. The van der Waals surface area contributed by atoms with Gasteiger partial charge in [-0.25, -0.2) is 0 Å². The number of hydrogen-bond acceptors (Lipinski definition) is 4. The van der Waals surface area contributed by atoms with Gasteiger partial charge in [-0.3, -0.25) is 9.48 Å². The minimum absolute atomic E-state index is 0.0279. The lowest BCUT2D eigenvalue weighted by atomic mass is 10.0. The lowest BCUT2D eigenvalue weighted by Crippen LogP contribution is -2.32. The van der Waals surface area contributed by atoms with Gasteiger partial charge in [0.15, 0.2) is 0 Å². The Morgan fingerprint density at radius 3 is 3.00 bits per heavy atom. The normalized spacial score (nSPS) is 18.4. The second kappa shape index (κ2) is 5.35. The molecule has 1 aliphatic heterocycles. The minimum Gasteiger partial charge on any atom is -0.361 e. The number of amides is 1. The fourth-order valence-electron chi connectivity index (χ4n) is 3.15. The van der Waals surface area contributed by atoms with E-state index in [1.54, 1.807) is 24.0 Å². The van der Waals surface area contributed by atoms with Crippen LogP contribution in [0.3, 0.4) is 0 Å². The summed E-state index contributed by atoms with van der Waals surface area (Å²) in [7, 11) is 1.79. The molecular formula is C15H20N4O2. The van der Waals surface area contributed by atoms with Gasteiger partial charge in [-0.2, -0.15) is 5.10 Å². The number of likely N-dealkylation sites (tertiary alicyclic amines) is 1. The molecule has 2 aromatic rings. The van der Waals surface area contributed by atoms with E-state index < -0.39 is 0 Å². The molecule has 0 unspecified atom stereocenters. The highest BCUT2D eigenvalue weighted by Crippen LogP contribution is 2.36. The van der Waals surface area contributed by atoms with E-state index in [0.29, 0.717) is 5.69 Å². The molecule has 0 spiro atoms. The predicted molar refractivity (Wildman–Crippen MR) is 76.8 cm³/mol. The molecule has 1 atom stereocenters. The van der Waals surface area contributed by atoms with Crippen LogP contribution in [0.25, 0.3) is 0 Å². The number of hydrogen-bond donors (Lipinski definition) is 0. The highest BCUT2D eigenvalue weighted by atomic mass is 16.5. The molecular weight excluding hydrogens is 268 g/mol. The maximum atomic E-state index is 12.8. The standard InChI is InChI=1S/C15H20N4O2/c1-4-13-14(10(2)17-21-13)11-6-5-9-19(11)15(20)12-7-8-16-18(12)3/h7-8,11H,4-6,9H2,1-3H3/t11-/m1/s1. The highest BCUT2D eigenvalue weighted by molar-refractivity contribution is 5.93. The minimum atomic E-state index is 0.0279. The van der Waals surface area contributed by atoms with Crippen molar-refractivity contribution in [3.8, 4) is 0 Å². The summed E-state index contributed by atoms with van der Waals surface area (Å²) in [5.41, 5.74) is 2.60. The van der Waals surface area contributed by atoms with E-state index in [1.165, 1.54) is 0 Å². The summed E-state index contributed by atoms with van der Waals surface area (Å²) in [5.74, 6) is 0.919. The van der Waals surface area contributed by atoms with Crippen molar-refractivity contribution in [3.05, 3.63) is 35.0 Å². The van der Waals surface area contributed by atoms with Gasteiger partial charge in [0.1, 0.15) is 11.5 Å². The van der Waals surface area contributed by atoms with E-state index >= 15 is 0 Å². The van der Waals surface area contributed by atoms with Gasteiger partial charge in [-0.15, -0.1) is 0 Å². The number of aryl methyl sites for hydroxylation is 3. The van der Waals surface area contributed by atoms with E-state index in [2.05, 4.69) is 10.3 Å². The second-order valence-electron chi connectivity index (χ2n) is 5.46. The average Bonchev–Trinajstić information content (AvgIpc) is 3.17. The van der Waals surface area contributed by atoms with Crippen LogP contribution < -0.4 is 0 Å². The molecule has 1 fully saturated rings. The van der Waals surface area contributed by atoms with Gasteiger partial charge in [-0.1, -0.05) is 12.1 Å². The first-order valence-corrected chi connectivity index (χ1v) is 7.37. The summed E-state index contributed by atoms with van der Waals surface area (Å²) in [6.07, 6.45) is 4.40. The first kappa shape index (κ1) is 13.9. The third-order valence-electron chi connectivity index (χ3n) is 4.19. The third kappa shape index (κ3) is 2.24. The predicted octanol–water partition coefficient (Wildman–Crippen LogP) is 2.26. The number of nitrogens with zero attached hydrogens (tertiary/aromatic N) is 4. The van der Waals surface area contributed by atoms with Crippen molar-refractivity contribution in [2.24, 2.45) is 7.05 Å². The van der Waals surface area contributed by atoms with Crippen LogP contribution in [0.5, 0.6) is 0 Å². The van der Waals surface area contributed by atoms with Crippen LogP contribution in [0.15, 0.2) is 16.8 Å². The zero-order valence-electron chi connectivity index (χ0n) is 12.7. The van der Waals surface area contributed by atoms with Gasteiger partial charge in [0.05, 0.1) is 11.7 Å². The van der Waals surface area contributed by atoms with Crippen molar-refractivity contribution in [2.45, 2.75) is 39.2 Å². The summed E-state index contributed by atoms with van der Waals surface area (Å²) >= 11 is 0.